The third kappa shape index (κ3) is 3.71. The van der Waals surface area contributed by atoms with E-state index >= 15 is 0 Å². The number of nitrogens with one attached hydrogen (secondary N) is 1. The van der Waals surface area contributed by atoms with Crippen molar-refractivity contribution in [3.8, 4) is 17.0 Å². The average molecular weight is 432 g/mol. The standard InChI is InChI=1S/C20H15Cl2N3O2S/c1-27-14-7-5-12(6-8-14)17-10-25-13(11-28-20(25)24-17)9-18(26)23-16-4-2-3-15(21)19(16)22/h2-8,10-11H,9H2,1H3,(H,23,26). The first-order valence-corrected chi connectivity index (χ1v) is 10.0. The molecule has 0 radical (unpaired) electrons. The van der Waals surface area contributed by atoms with Crippen LogP contribution in [-0.2, 0) is 11.2 Å². The molecule has 0 bridgehead atoms. The van der Waals surface area contributed by atoms with E-state index in [1.165, 1.54) is 11.3 Å². The number of hydrogen-bond acceptors (Lipinski definition) is 4. The van der Waals surface area contributed by atoms with Crippen molar-refractivity contribution in [1.29, 1.82) is 0 Å². The number of carbonyl (C=O) groups excluding carboxylic acids is 1. The summed E-state index contributed by atoms with van der Waals surface area (Å²) < 4.78 is 7.12. The minimum atomic E-state index is -0.177. The van der Waals surface area contributed by atoms with Gasteiger partial charge < -0.3 is 10.1 Å². The number of thiazole rings is 1. The van der Waals surface area contributed by atoms with E-state index in [2.05, 4.69) is 10.3 Å². The van der Waals surface area contributed by atoms with E-state index in [1.807, 2.05) is 40.2 Å². The molecular formula is C20H15Cl2N3O2S. The van der Waals surface area contributed by atoms with Gasteiger partial charge in [-0.15, -0.1) is 11.3 Å². The lowest BCUT2D eigenvalue weighted by Gasteiger charge is -2.07. The number of aromatic nitrogens is 2. The third-order valence-electron chi connectivity index (χ3n) is 4.24. The normalized spacial score (nSPS) is 11.0. The molecule has 0 aliphatic rings. The van der Waals surface area contributed by atoms with Crippen molar-refractivity contribution < 1.29 is 9.53 Å². The second-order valence-corrected chi connectivity index (χ2v) is 7.68. The van der Waals surface area contributed by atoms with Crippen LogP contribution in [0.1, 0.15) is 5.69 Å². The molecule has 0 saturated carbocycles. The maximum atomic E-state index is 12.5. The molecule has 0 aliphatic carbocycles. The molecule has 4 aromatic rings. The van der Waals surface area contributed by atoms with Crippen LogP contribution < -0.4 is 10.1 Å². The summed E-state index contributed by atoms with van der Waals surface area (Å²) in [4.78, 5) is 18.0. The van der Waals surface area contributed by atoms with Gasteiger partial charge in [-0.2, -0.15) is 0 Å². The number of hydrogen-bond donors (Lipinski definition) is 1. The van der Waals surface area contributed by atoms with Gasteiger partial charge in [0.25, 0.3) is 0 Å². The van der Waals surface area contributed by atoms with Gasteiger partial charge >= 0.3 is 0 Å². The van der Waals surface area contributed by atoms with E-state index in [4.69, 9.17) is 27.9 Å². The Morgan fingerprint density at radius 1 is 1.21 bits per heavy atom. The molecule has 0 unspecified atom stereocenters. The Morgan fingerprint density at radius 2 is 2.00 bits per heavy atom. The second-order valence-electron chi connectivity index (χ2n) is 6.06. The molecule has 2 heterocycles. The van der Waals surface area contributed by atoms with Crippen LogP contribution in [0.3, 0.4) is 0 Å². The average Bonchev–Trinajstić information content (AvgIpc) is 3.27. The number of carbonyl (C=O) groups is 1. The highest BCUT2D eigenvalue weighted by Crippen LogP contribution is 2.30. The minimum Gasteiger partial charge on any atom is -0.497 e. The predicted octanol–water partition coefficient (Wildman–Crippen LogP) is 5.56. The Bertz CT molecular complexity index is 1150. The molecule has 4 rings (SSSR count). The first-order chi connectivity index (χ1) is 13.5. The van der Waals surface area contributed by atoms with Crippen molar-refractivity contribution in [1.82, 2.24) is 9.38 Å². The van der Waals surface area contributed by atoms with Crippen LogP contribution in [0, 0.1) is 0 Å². The molecule has 8 heteroatoms. The number of halogens is 2. The lowest BCUT2D eigenvalue weighted by molar-refractivity contribution is -0.115. The van der Waals surface area contributed by atoms with Crippen LogP contribution in [0.2, 0.25) is 10.0 Å². The first-order valence-electron chi connectivity index (χ1n) is 8.39. The van der Waals surface area contributed by atoms with E-state index in [0.29, 0.717) is 15.7 Å². The van der Waals surface area contributed by atoms with Crippen molar-refractivity contribution in [2.75, 3.05) is 12.4 Å². The topological polar surface area (TPSA) is 55.6 Å². The second kappa shape index (κ2) is 7.83. The number of imidazole rings is 1. The van der Waals surface area contributed by atoms with Crippen molar-refractivity contribution in [3.05, 3.63) is 69.8 Å². The number of ether oxygens (including phenoxy) is 1. The molecule has 1 amide bonds. The molecule has 0 fully saturated rings. The van der Waals surface area contributed by atoms with E-state index in [0.717, 1.165) is 27.7 Å². The van der Waals surface area contributed by atoms with E-state index in [1.54, 1.807) is 25.3 Å². The number of nitrogens with zero attached hydrogens (tertiary/aromatic N) is 2. The summed E-state index contributed by atoms with van der Waals surface area (Å²) in [6, 6.07) is 12.8. The fraction of sp³-hybridized carbons (Fsp3) is 0.100. The smallest absolute Gasteiger partial charge is 0.230 e. The van der Waals surface area contributed by atoms with E-state index in [-0.39, 0.29) is 12.3 Å². The fourth-order valence-electron chi connectivity index (χ4n) is 2.82. The summed E-state index contributed by atoms with van der Waals surface area (Å²) >= 11 is 13.6. The van der Waals surface area contributed by atoms with Crippen molar-refractivity contribution in [2.24, 2.45) is 0 Å². The number of fused-ring (bicyclic) bond motifs is 1. The predicted molar refractivity (Wildman–Crippen MR) is 114 cm³/mol. The minimum absolute atomic E-state index is 0.177. The monoisotopic (exact) mass is 431 g/mol. The van der Waals surface area contributed by atoms with Crippen LogP contribution in [0.4, 0.5) is 5.69 Å². The van der Waals surface area contributed by atoms with E-state index in [9.17, 15) is 4.79 Å². The van der Waals surface area contributed by atoms with Gasteiger partial charge in [0.15, 0.2) is 4.96 Å². The maximum Gasteiger partial charge on any atom is 0.230 e. The Kier molecular flexibility index (Phi) is 5.26. The van der Waals surface area contributed by atoms with Gasteiger partial charge in [0.05, 0.1) is 35.0 Å². The summed E-state index contributed by atoms with van der Waals surface area (Å²) in [6.45, 7) is 0. The number of rotatable bonds is 5. The zero-order valence-electron chi connectivity index (χ0n) is 14.8. The van der Waals surface area contributed by atoms with Crippen LogP contribution in [0.25, 0.3) is 16.2 Å². The quantitative estimate of drug-likeness (QED) is 0.449. The SMILES string of the molecule is COc1ccc(-c2cn3c(CC(=O)Nc4cccc(Cl)c4Cl)csc3n2)cc1. The molecule has 28 heavy (non-hydrogen) atoms. The largest absolute Gasteiger partial charge is 0.497 e. The molecule has 1 N–H and O–H groups in total. The van der Waals surface area contributed by atoms with Crippen LogP contribution in [0.15, 0.2) is 54.0 Å². The molecule has 2 aromatic heterocycles. The van der Waals surface area contributed by atoms with Gasteiger partial charge in [-0.05, 0) is 36.4 Å². The Balaban J connectivity index is 1.55. The van der Waals surface area contributed by atoms with Gasteiger partial charge in [-0.25, -0.2) is 4.98 Å². The zero-order chi connectivity index (χ0) is 19.7. The zero-order valence-corrected chi connectivity index (χ0v) is 17.1. The Hall–Kier alpha value is -2.54. The summed E-state index contributed by atoms with van der Waals surface area (Å²) in [5.74, 6) is 0.616. The van der Waals surface area contributed by atoms with Crippen molar-refractivity contribution in [3.63, 3.8) is 0 Å². The number of methoxy groups -OCH3 is 1. The Morgan fingerprint density at radius 3 is 2.75 bits per heavy atom. The number of amides is 1. The van der Waals surface area contributed by atoms with Gasteiger partial charge in [0, 0.05) is 22.8 Å². The molecule has 142 valence electrons. The molecule has 0 saturated heterocycles. The van der Waals surface area contributed by atoms with Crippen molar-refractivity contribution in [2.45, 2.75) is 6.42 Å². The third-order valence-corrected chi connectivity index (χ3v) is 5.94. The summed E-state index contributed by atoms with van der Waals surface area (Å²) in [5.41, 5.74) is 3.17. The van der Waals surface area contributed by atoms with Crippen LogP contribution >= 0.6 is 34.5 Å². The molecular weight excluding hydrogens is 417 g/mol. The van der Waals surface area contributed by atoms with E-state index < -0.39 is 0 Å². The highest BCUT2D eigenvalue weighted by atomic mass is 35.5. The maximum absolute atomic E-state index is 12.5. The number of anilines is 1. The molecule has 0 spiro atoms. The van der Waals surface area contributed by atoms with Gasteiger partial charge in [0.2, 0.25) is 5.91 Å². The molecule has 5 nitrogen and oxygen atoms in total. The Labute approximate surface area is 175 Å². The van der Waals surface area contributed by atoms with Crippen LogP contribution in [-0.4, -0.2) is 22.4 Å². The molecule has 0 atom stereocenters. The van der Waals surface area contributed by atoms with Crippen molar-refractivity contribution >= 4 is 51.1 Å². The molecule has 2 aromatic carbocycles. The molecule has 0 aliphatic heterocycles. The first kappa shape index (κ1) is 18.8. The van der Waals surface area contributed by atoms with Gasteiger partial charge in [0.1, 0.15) is 5.75 Å². The van der Waals surface area contributed by atoms with Gasteiger partial charge in [-0.3, -0.25) is 9.20 Å². The summed E-state index contributed by atoms with van der Waals surface area (Å²) in [5, 5.41) is 5.47. The lowest BCUT2D eigenvalue weighted by atomic mass is 10.2. The van der Waals surface area contributed by atoms with Crippen LogP contribution in [0.5, 0.6) is 5.75 Å². The fourth-order valence-corrected chi connectivity index (χ4v) is 4.04. The number of benzene rings is 2. The van der Waals surface area contributed by atoms with Gasteiger partial charge in [-0.1, -0.05) is 29.3 Å². The summed E-state index contributed by atoms with van der Waals surface area (Å²) in [6.07, 6.45) is 2.13. The highest BCUT2D eigenvalue weighted by Gasteiger charge is 2.14. The highest BCUT2D eigenvalue weighted by molar-refractivity contribution is 7.15. The lowest BCUT2D eigenvalue weighted by Crippen LogP contribution is -2.15. The summed E-state index contributed by atoms with van der Waals surface area (Å²) in [7, 11) is 1.63.